The maximum atomic E-state index is 5.74. The summed E-state index contributed by atoms with van der Waals surface area (Å²) < 4.78 is 11.4. The van der Waals surface area contributed by atoms with Crippen molar-refractivity contribution in [3.8, 4) is 5.75 Å². The fourth-order valence-corrected chi connectivity index (χ4v) is 2.33. The average Bonchev–Trinajstić information content (AvgIpc) is 2.90. The van der Waals surface area contributed by atoms with Crippen LogP contribution in [-0.2, 0) is 13.5 Å². The molecule has 6 nitrogen and oxygen atoms in total. The summed E-state index contributed by atoms with van der Waals surface area (Å²) in [6.45, 7) is 3.30. The molecule has 2 heterocycles. The van der Waals surface area contributed by atoms with Gasteiger partial charge in [-0.1, -0.05) is 0 Å². The van der Waals surface area contributed by atoms with Gasteiger partial charge in [0.05, 0.1) is 6.61 Å². The third-order valence-electron chi connectivity index (χ3n) is 2.55. The van der Waals surface area contributed by atoms with Gasteiger partial charge in [-0.2, -0.15) is 9.47 Å². The number of anilines is 2. The third-order valence-corrected chi connectivity index (χ3v) is 3.35. The fraction of sp³-hybridized carbons (Fsp3) is 0.455. The number of aryl methyl sites for hydroxylation is 1. The van der Waals surface area contributed by atoms with Gasteiger partial charge in [-0.05, 0) is 24.5 Å². The van der Waals surface area contributed by atoms with Crippen LogP contribution in [0.1, 0.15) is 12.6 Å². The van der Waals surface area contributed by atoms with Crippen molar-refractivity contribution in [2.45, 2.75) is 13.3 Å². The average molecular weight is 267 g/mol. The Labute approximate surface area is 110 Å². The number of rotatable bonds is 6. The topological polar surface area (TPSA) is 78.0 Å². The van der Waals surface area contributed by atoms with Crippen molar-refractivity contribution >= 4 is 22.4 Å². The number of nitrogen functional groups attached to an aromatic ring is 1. The highest BCUT2D eigenvalue weighted by atomic mass is 32.1. The highest BCUT2D eigenvalue weighted by Gasteiger charge is 2.12. The maximum absolute atomic E-state index is 5.74. The maximum Gasteiger partial charge on any atom is 0.197 e. The van der Waals surface area contributed by atoms with E-state index < -0.39 is 0 Å². The standard InChI is InChI=1S/C11H17N5OS/c1-3-17-9-10(12)15-18-11(9)13-6-4-8-5-7-14-16(8)2/h5,7,13H,3-4,6H2,1-2H3,(H2,12,15). The molecule has 0 aromatic carbocycles. The van der Waals surface area contributed by atoms with Crippen molar-refractivity contribution in [1.29, 1.82) is 0 Å². The molecule has 3 N–H and O–H groups in total. The number of nitrogens with two attached hydrogens (primary N) is 1. The Kier molecular flexibility index (Phi) is 4.03. The van der Waals surface area contributed by atoms with Gasteiger partial charge in [0.2, 0.25) is 0 Å². The Morgan fingerprint density at radius 2 is 2.39 bits per heavy atom. The fourth-order valence-electron chi connectivity index (χ4n) is 1.64. The van der Waals surface area contributed by atoms with E-state index in [4.69, 9.17) is 10.5 Å². The third kappa shape index (κ3) is 2.73. The first-order valence-corrected chi connectivity index (χ1v) is 6.58. The van der Waals surface area contributed by atoms with Crippen LogP contribution in [0.15, 0.2) is 12.3 Å². The van der Waals surface area contributed by atoms with E-state index in [2.05, 4.69) is 14.8 Å². The predicted molar refractivity (Wildman–Crippen MR) is 73.1 cm³/mol. The first-order chi connectivity index (χ1) is 8.72. The van der Waals surface area contributed by atoms with E-state index in [1.54, 1.807) is 6.20 Å². The minimum Gasteiger partial charge on any atom is -0.487 e. The molecule has 0 aliphatic carbocycles. The molecule has 0 fully saturated rings. The summed E-state index contributed by atoms with van der Waals surface area (Å²) in [5.74, 6) is 1.11. The number of nitrogens with one attached hydrogen (secondary N) is 1. The zero-order valence-corrected chi connectivity index (χ0v) is 11.3. The first kappa shape index (κ1) is 12.7. The van der Waals surface area contributed by atoms with Crippen molar-refractivity contribution in [2.24, 2.45) is 7.05 Å². The summed E-state index contributed by atoms with van der Waals surface area (Å²) in [4.78, 5) is 0. The molecule has 2 rings (SSSR count). The molecule has 0 spiro atoms. The van der Waals surface area contributed by atoms with Crippen LogP contribution in [0.5, 0.6) is 5.75 Å². The summed E-state index contributed by atoms with van der Waals surface area (Å²) in [5.41, 5.74) is 6.92. The summed E-state index contributed by atoms with van der Waals surface area (Å²) >= 11 is 1.32. The quantitative estimate of drug-likeness (QED) is 0.829. The van der Waals surface area contributed by atoms with E-state index in [0.29, 0.717) is 18.2 Å². The number of aromatic nitrogens is 3. The molecule has 2 aromatic rings. The van der Waals surface area contributed by atoms with Crippen LogP contribution in [0.4, 0.5) is 10.8 Å². The lowest BCUT2D eigenvalue weighted by Crippen LogP contribution is -2.08. The van der Waals surface area contributed by atoms with E-state index in [0.717, 1.165) is 18.0 Å². The number of nitrogens with zero attached hydrogens (tertiary/aromatic N) is 3. The van der Waals surface area contributed by atoms with Crippen LogP contribution in [0.25, 0.3) is 0 Å². The van der Waals surface area contributed by atoms with Crippen molar-refractivity contribution in [2.75, 3.05) is 24.2 Å². The second kappa shape index (κ2) is 5.72. The van der Waals surface area contributed by atoms with Crippen molar-refractivity contribution in [3.63, 3.8) is 0 Å². The smallest absolute Gasteiger partial charge is 0.197 e. The molecule has 0 aliphatic heterocycles. The normalized spacial score (nSPS) is 10.6. The van der Waals surface area contributed by atoms with E-state index in [-0.39, 0.29) is 0 Å². The minimum atomic E-state index is 0.449. The molecule has 0 bridgehead atoms. The Balaban J connectivity index is 1.92. The highest BCUT2D eigenvalue weighted by Crippen LogP contribution is 2.34. The molecule has 2 aromatic heterocycles. The predicted octanol–water partition coefficient (Wildman–Crippen LogP) is 1.51. The number of hydrogen-bond acceptors (Lipinski definition) is 6. The molecule has 18 heavy (non-hydrogen) atoms. The number of hydrogen-bond donors (Lipinski definition) is 2. The van der Waals surface area contributed by atoms with Gasteiger partial charge in [0.1, 0.15) is 0 Å². The SMILES string of the molecule is CCOc1c(N)nsc1NCCc1ccnn1C. The van der Waals surface area contributed by atoms with Crippen LogP contribution < -0.4 is 15.8 Å². The second-order valence-corrected chi connectivity index (χ2v) is 4.56. The summed E-state index contributed by atoms with van der Waals surface area (Å²) in [7, 11) is 1.94. The van der Waals surface area contributed by atoms with Crippen LogP contribution >= 0.6 is 11.5 Å². The van der Waals surface area contributed by atoms with E-state index in [1.165, 1.54) is 17.2 Å². The lowest BCUT2D eigenvalue weighted by molar-refractivity contribution is 0.344. The van der Waals surface area contributed by atoms with E-state index >= 15 is 0 Å². The summed E-state index contributed by atoms with van der Waals surface area (Å²) in [5, 5.41) is 8.31. The van der Waals surface area contributed by atoms with Gasteiger partial charge in [-0.25, -0.2) is 0 Å². The largest absolute Gasteiger partial charge is 0.487 e. The van der Waals surface area contributed by atoms with Crippen LogP contribution in [0.3, 0.4) is 0 Å². The van der Waals surface area contributed by atoms with E-state index in [1.807, 2.05) is 24.7 Å². The van der Waals surface area contributed by atoms with Crippen molar-refractivity contribution in [3.05, 3.63) is 18.0 Å². The lowest BCUT2D eigenvalue weighted by Gasteiger charge is -2.07. The molecular weight excluding hydrogens is 250 g/mol. The molecule has 0 aliphatic rings. The molecule has 7 heteroatoms. The Hall–Kier alpha value is -1.76. The van der Waals surface area contributed by atoms with Crippen molar-refractivity contribution in [1.82, 2.24) is 14.2 Å². The van der Waals surface area contributed by atoms with Crippen LogP contribution in [0, 0.1) is 0 Å². The Bertz CT molecular complexity index is 507. The second-order valence-electron chi connectivity index (χ2n) is 3.78. The van der Waals surface area contributed by atoms with Crippen molar-refractivity contribution < 1.29 is 4.74 Å². The molecule has 0 unspecified atom stereocenters. The van der Waals surface area contributed by atoms with Crippen LogP contribution in [-0.4, -0.2) is 27.3 Å². The van der Waals surface area contributed by atoms with Gasteiger partial charge in [0.15, 0.2) is 16.6 Å². The van der Waals surface area contributed by atoms with Gasteiger partial charge in [-0.3, -0.25) is 4.68 Å². The number of ether oxygens (including phenoxy) is 1. The van der Waals surface area contributed by atoms with Gasteiger partial charge in [0.25, 0.3) is 0 Å². The summed E-state index contributed by atoms with van der Waals surface area (Å²) in [6.07, 6.45) is 2.69. The molecule has 98 valence electrons. The van der Waals surface area contributed by atoms with E-state index in [9.17, 15) is 0 Å². The van der Waals surface area contributed by atoms with Gasteiger partial charge in [-0.15, -0.1) is 0 Å². The molecule has 0 atom stereocenters. The molecule has 0 amide bonds. The van der Waals surface area contributed by atoms with Gasteiger partial charge < -0.3 is 15.8 Å². The monoisotopic (exact) mass is 267 g/mol. The zero-order valence-electron chi connectivity index (χ0n) is 10.5. The summed E-state index contributed by atoms with van der Waals surface area (Å²) in [6, 6.07) is 2.01. The molecular formula is C11H17N5OS. The molecule has 0 radical (unpaired) electrons. The Morgan fingerprint density at radius 3 is 3.06 bits per heavy atom. The lowest BCUT2D eigenvalue weighted by atomic mass is 10.3. The molecule has 0 saturated carbocycles. The first-order valence-electron chi connectivity index (χ1n) is 5.81. The minimum absolute atomic E-state index is 0.449. The van der Waals surface area contributed by atoms with Crippen LogP contribution in [0.2, 0.25) is 0 Å². The highest BCUT2D eigenvalue weighted by molar-refractivity contribution is 7.11. The Morgan fingerprint density at radius 1 is 1.56 bits per heavy atom. The zero-order chi connectivity index (χ0) is 13.0. The van der Waals surface area contributed by atoms with Gasteiger partial charge >= 0.3 is 0 Å². The molecule has 0 saturated heterocycles. The van der Waals surface area contributed by atoms with Gasteiger partial charge in [0, 0.05) is 31.9 Å².